The molecule has 144 valence electrons. The van der Waals surface area contributed by atoms with Gasteiger partial charge in [0, 0.05) is 58.7 Å². The van der Waals surface area contributed by atoms with E-state index in [1.54, 1.807) is 0 Å². The van der Waals surface area contributed by atoms with Gasteiger partial charge in [0.25, 0.3) is 0 Å². The molecule has 1 aromatic rings. The van der Waals surface area contributed by atoms with Crippen LogP contribution >= 0.6 is 0 Å². The normalized spacial score (nSPS) is 29.5. The van der Waals surface area contributed by atoms with Gasteiger partial charge in [-0.1, -0.05) is 18.5 Å². The minimum Gasteiger partial charge on any atom is -0.356 e. The minimum atomic E-state index is 0.709. The lowest BCUT2D eigenvalue weighted by atomic mass is 9.93. The smallest absolute Gasteiger partial charge is 0.226 e. The summed E-state index contributed by atoms with van der Waals surface area (Å²) in [6.45, 7) is 7.26. The first-order valence-electron chi connectivity index (χ1n) is 10.3. The number of hydrogen-bond donors (Lipinski definition) is 1. The van der Waals surface area contributed by atoms with Gasteiger partial charge in [-0.2, -0.15) is 4.98 Å². The maximum Gasteiger partial charge on any atom is 0.226 e. The zero-order valence-corrected chi connectivity index (χ0v) is 16.2. The number of hydrogen-bond acceptors (Lipinski definition) is 5. The molecule has 0 amide bonds. The molecule has 26 heavy (non-hydrogen) atoms. The van der Waals surface area contributed by atoms with Crippen LogP contribution in [0.25, 0.3) is 0 Å². The van der Waals surface area contributed by atoms with Crippen molar-refractivity contribution >= 4 is 5.96 Å². The molecule has 4 rings (SSSR count). The first-order valence-corrected chi connectivity index (χ1v) is 10.3. The Morgan fingerprint density at radius 2 is 2.08 bits per heavy atom. The van der Waals surface area contributed by atoms with Crippen molar-refractivity contribution in [3.8, 4) is 0 Å². The Labute approximate surface area is 156 Å². The number of aromatic nitrogens is 2. The van der Waals surface area contributed by atoms with E-state index >= 15 is 0 Å². The fourth-order valence-electron chi connectivity index (χ4n) is 5.08. The molecule has 0 radical (unpaired) electrons. The molecule has 3 atom stereocenters. The molecule has 3 fully saturated rings. The average molecular weight is 361 g/mol. The minimum absolute atomic E-state index is 0.709. The van der Waals surface area contributed by atoms with Crippen LogP contribution in [0.3, 0.4) is 0 Å². The van der Waals surface area contributed by atoms with Crippen LogP contribution in [0.1, 0.15) is 44.3 Å². The predicted octanol–water partition coefficient (Wildman–Crippen LogP) is 1.56. The van der Waals surface area contributed by atoms with E-state index in [2.05, 4.69) is 30.2 Å². The lowest BCUT2D eigenvalue weighted by Crippen LogP contribution is -2.55. The molecular weight excluding hydrogens is 328 g/mol. The highest BCUT2D eigenvalue weighted by Crippen LogP contribution is 2.46. The second-order valence-electron chi connectivity index (χ2n) is 7.95. The van der Waals surface area contributed by atoms with Crippen molar-refractivity contribution < 1.29 is 4.52 Å². The van der Waals surface area contributed by atoms with Crippen molar-refractivity contribution in [3.05, 3.63) is 11.7 Å². The highest BCUT2D eigenvalue weighted by atomic mass is 16.5. The molecule has 2 bridgehead atoms. The van der Waals surface area contributed by atoms with Crippen molar-refractivity contribution in [2.24, 2.45) is 16.8 Å². The van der Waals surface area contributed by atoms with E-state index in [4.69, 9.17) is 4.52 Å². The average Bonchev–Trinajstić information content (AvgIpc) is 3.42. The summed E-state index contributed by atoms with van der Waals surface area (Å²) in [6, 6.07) is 0.858. The molecule has 1 saturated heterocycles. The largest absolute Gasteiger partial charge is 0.356 e. The zero-order chi connectivity index (χ0) is 17.9. The second kappa shape index (κ2) is 7.94. The molecule has 3 aliphatic rings. The maximum atomic E-state index is 5.16. The third kappa shape index (κ3) is 3.72. The van der Waals surface area contributed by atoms with Gasteiger partial charge in [-0.3, -0.25) is 9.89 Å². The van der Waals surface area contributed by atoms with Crippen LogP contribution in [-0.4, -0.2) is 71.7 Å². The Kier molecular flexibility index (Phi) is 5.43. The summed E-state index contributed by atoms with van der Waals surface area (Å²) in [5, 5.41) is 7.47. The zero-order valence-electron chi connectivity index (χ0n) is 16.2. The van der Waals surface area contributed by atoms with Crippen LogP contribution in [0.2, 0.25) is 0 Å². The molecule has 2 heterocycles. The summed E-state index contributed by atoms with van der Waals surface area (Å²) in [7, 11) is 1.87. The molecule has 1 N–H and O–H groups in total. The van der Waals surface area contributed by atoms with Gasteiger partial charge in [0.1, 0.15) is 0 Å². The van der Waals surface area contributed by atoms with Gasteiger partial charge in [0.05, 0.1) is 0 Å². The summed E-state index contributed by atoms with van der Waals surface area (Å²) in [6.07, 6.45) is 7.43. The molecule has 1 aliphatic heterocycles. The van der Waals surface area contributed by atoms with Crippen molar-refractivity contribution in [2.75, 3.05) is 39.8 Å². The Bertz CT molecular complexity index is 621. The topological polar surface area (TPSA) is 69.8 Å². The number of fused-ring (bicyclic) bond motifs is 2. The van der Waals surface area contributed by atoms with Gasteiger partial charge < -0.3 is 14.7 Å². The number of guanidine groups is 1. The Hall–Kier alpha value is -1.63. The van der Waals surface area contributed by atoms with Crippen molar-refractivity contribution in [1.29, 1.82) is 0 Å². The molecule has 7 nitrogen and oxygen atoms in total. The molecule has 2 saturated carbocycles. The van der Waals surface area contributed by atoms with E-state index in [-0.39, 0.29) is 0 Å². The van der Waals surface area contributed by atoms with Crippen molar-refractivity contribution in [1.82, 2.24) is 25.3 Å². The summed E-state index contributed by atoms with van der Waals surface area (Å²) < 4.78 is 5.16. The van der Waals surface area contributed by atoms with Gasteiger partial charge in [0.15, 0.2) is 11.8 Å². The molecular formula is C19H32N6O. The number of rotatable bonds is 5. The molecule has 3 unspecified atom stereocenters. The standard InChI is InChI=1S/C19H32N6O/c1-3-18-22-17(23-26-18)6-7-21-19(20-2)25-10-8-24(9-11-25)16-13-14-4-5-15(16)12-14/h14-16H,3-13H2,1-2H3,(H,20,21). The lowest BCUT2D eigenvalue weighted by molar-refractivity contribution is 0.0959. The number of nitrogens with one attached hydrogen (secondary N) is 1. The van der Waals surface area contributed by atoms with Crippen LogP contribution < -0.4 is 5.32 Å². The summed E-state index contributed by atoms with van der Waals surface area (Å²) >= 11 is 0. The van der Waals surface area contributed by atoms with E-state index in [1.807, 2.05) is 14.0 Å². The fraction of sp³-hybridized carbons (Fsp3) is 0.842. The van der Waals surface area contributed by atoms with Crippen molar-refractivity contribution in [2.45, 2.75) is 51.5 Å². The van der Waals surface area contributed by atoms with Gasteiger partial charge in [-0.05, 0) is 31.1 Å². The van der Waals surface area contributed by atoms with E-state index in [1.165, 1.54) is 38.8 Å². The highest BCUT2D eigenvalue weighted by Gasteiger charge is 2.42. The van der Waals surface area contributed by atoms with Crippen LogP contribution in [0.4, 0.5) is 0 Å². The van der Waals surface area contributed by atoms with Gasteiger partial charge in [0.2, 0.25) is 5.89 Å². The van der Waals surface area contributed by atoms with Crippen LogP contribution in [0, 0.1) is 11.8 Å². The van der Waals surface area contributed by atoms with Gasteiger partial charge in [-0.15, -0.1) is 0 Å². The van der Waals surface area contributed by atoms with Gasteiger partial charge >= 0.3 is 0 Å². The second-order valence-corrected chi connectivity index (χ2v) is 7.95. The Morgan fingerprint density at radius 3 is 2.69 bits per heavy atom. The van der Waals surface area contributed by atoms with E-state index in [9.17, 15) is 0 Å². The fourth-order valence-corrected chi connectivity index (χ4v) is 5.08. The summed E-state index contributed by atoms with van der Waals surface area (Å²) in [5.74, 6) is 4.48. The van der Waals surface area contributed by atoms with E-state index in [0.29, 0.717) is 5.89 Å². The maximum absolute atomic E-state index is 5.16. The van der Waals surface area contributed by atoms with Crippen LogP contribution in [-0.2, 0) is 12.8 Å². The monoisotopic (exact) mass is 360 g/mol. The first kappa shape index (κ1) is 17.8. The van der Waals surface area contributed by atoms with Crippen LogP contribution in [0.5, 0.6) is 0 Å². The van der Waals surface area contributed by atoms with E-state index in [0.717, 1.165) is 62.1 Å². The SMILES string of the molecule is CCc1nc(CCNC(=NC)N2CCN(C3CC4CCC3C4)CC2)no1. The summed E-state index contributed by atoms with van der Waals surface area (Å²) in [5.41, 5.74) is 0. The Morgan fingerprint density at radius 1 is 1.23 bits per heavy atom. The number of aryl methyl sites for hydroxylation is 1. The van der Waals surface area contributed by atoms with Crippen LogP contribution in [0.15, 0.2) is 9.52 Å². The van der Waals surface area contributed by atoms with Gasteiger partial charge in [-0.25, -0.2) is 0 Å². The highest BCUT2D eigenvalue weighted by molar-refractivity contribution is 5.80. The number of nitrogens with zero attached hydrogens (tertiary/aromatic N) is 5. The molecule has 2 aliphatic carbocycles. The summed E-state index contributed by atoms with van der Waals surface area (Å²) in [4.78, 5) is 14.0. The van der Waals surface area contributed by atoms with Crippen molar-refractivity contribution in [3.63, 3.8) is 0 Å². The molecule has 7 heteroatoms. The quantitative estimate of drug-likeness (QED) is 0.635. The third-order valence-corrected chi connectivity index (χ3v) is 6.44. The molecule has 0 spiro atoms. The number of aliphatic imine (C=N–C) groups is 1. The lowest BCUT2D eigenvalue weighted by Gasteiger charge is -2.41. The predicted molar refractivity (Wildman–Crippen MR) is 101 cm³/mol. The molecule has 0 aromatic carbocycles. The molecule has 1 aromatic heterocycles. The first-order chi connectivity index (χ1) is 12.8. The number of piperazine rings is 1. The third-order valence-electron chi connectivity index (χ3n) is 6.44. The van der Waals surface area contributed by atoms with E-state index < -0.39 is 0 Å². The Balaban J connectivity index is 1.22.